The summed E-state index contributed by atoms with van der Waals surface area (Å²) in [6.45, 7) is 3.66. The van der Waals surface area contributed by atoms with Crippen LogP contribution >= 0.6 is 0 Å². The van der Waals surface area contributed by atoms with Crippen molar-refractivity contribution in [3.05, 3.63) is 36.0 Å². The third kappa shape index (κ3) is 3.35. The van der Waals surface area contributed by atoms with E-state index < -0.39 is 5.60 Å². The van der Waals surface area contributed by atoms with Gasteiger partial charge in [-0.05, 0) is 37.8 Å². The Morgan fingerprint density at radius 1 is 1.26 bits per heavy atom. The summed E-state index contributed by atoms with van der Waals surface area (Å²) in [6, 6.07) is 8.25. The number of aromatic nitrogens is 2. The molecular formula is C15H21N3O. The second-order valence-corrected chi connectivity index (χ2v) is 5.58. The van der Waals surface area contributed by atoms with Crippen molar-refractivity contribution in [1.29, 1.82) is 0 Å². The molecule has 0 aliphatic rings. The zero-order chi connectivity index (χ0) is 14.0. The average molecular weight is 259 g/mol. The first-order valence-corrected chi connectivity index (χ1v) is 6.46. The number of nitrogens with zero attached hydrogens (tertiary/aromatic N) is 2. The van der Waals surface area contributed by atoms with Crippen LogP contribution in [-0.2, 0) is 13.5 Å². The Bertz CT molecular complexity index is 550. The predicted octanol–water partition coefficient (Wildman–Crippen LogP) is 2.37. The van der Waals surface area contributed by atoms with Gasteiger partial charge < -0.3 is 10.8 Å². The lowest BCUT2D eigenvalue weighted by molar-refractivity contribution is 0.0714. The van der Waals surface area contributed by atoms with Crippen molar-refractivity contribution in [2.45, 2.75) is 32.3 Å². The highest BCUT2D eigenvalue weighted by Gasteiger charge is 2.12. The molecule has 0 radical (unpaired) electrons. The highest BCUT2D eigenvalue weighted by Crippen LogP contribution is 2.25. The normalized spacial score (nSPS) is 11.8. The molecule has 0 spiro atoms. The third-order valence-corrected chi connectivity index (χ3v) is 3.28. The molecule has 1 heterocycles. The number of hydrogen-bond acceptors (Lipinski definition) is 3. The molecular weight excluding hydrogens is 238 g/mol. The Morgan fingerprint density at radius 2 is 1.89 bits per heavy atom. The Hall–Kier alpha value is -1.81. The summed E-state index contributed by atoms with van der Waals surface area (Å²) in [6.07, 6.45) is 3.40. The molecule has 0 aliphatic heterocycles. The molecule has 0 unspecified atom stereocenters. The van der Waals surface area contributed by atoms with Gasteiger partial charge in [0.2, 0.25) is 0 Å². The van der Waals surface area contributed by atoms with Crippen molar-refractivity contribution < 1.29 is 5.11 Å². The largest absolute Gasteiger partial charge is 0.390 e. The molecule has 1 aromatic heterocycles. The molecule has 0 atom stereocenters. The minimum Gasteiger partial charge on any atom is -0.390 e. The van der Waals surface area contributed by atoms with E-state index in [1.54, 1.807) is 10.9 Å². The van der Waals surface area contributed by atoms with Gasteiger partial charge in [-0.2, -0.15) is 5.10 Å². The van der Waals surface area contributed by atoms with E-state index in [1.165, 1.54) is 5.56 Å². The van der Waals surface area contributed by atoms with Crippen LogP contribution in [0.5, 0.6) is 0 Å². The first-order valence-electron chi connectivity index (χ1n) is 6.46. The van der Waals surface area contributed by atoms with Crippen LogP contribution in [0.15, 0.2) is 30.5 Å². The highest BCUT2D eigenvalue weighted by atomic mass is 16.3. The monoisotopic (exact) mass is 259 g/mol. The average Bonchev–Trinajstić information content (AvgIpc) is 2.68. The lowest BCUT2D eigenvalue weighted by atomic mass is 9.97. The van der Waals surface area contributed by atoms with E-state index in [-0.39, 0.29) is 0 Å². The van der Waals surface area contributed by atoms with Crippen molar-refractivity contribution in [3.63, 3.8) is 0 Å². The van der Waals surface area contributed by atoms with Gasteiger partial charge in [-0.3, -0.25) is 4.68 Å². The smallest absolute Gasteiger partial charge is 0.129 e. The van der Waals surface area contributed by atoms with Gasteiger partial charge in [0.1, 0.15) is 5.82 Å². The Morgan fingerprint density at radius 3 is 2.37 bits per heavy atom. The second-order valence-electron chi connectivity index (χ2n) is 5.58. The fourth-order valence-corrected chi connectivity index (χ4v) is 1.97. The van der Waals surface area contributed by atoms with Crippen molar-refractivity contribution in [3.8, 4) is 11.1 Å². The maximum Gasteiger partial charge on any atom is 0.129 e. The second kappa shape index (κ2) is 5.05. The number of benzene rings is 1. The van der Waals surface area contributed by atoms with Crippen molar-refractivity contribution in [2.75, 3.05) is 5.73 Å². The quantitative estimate of drug-likeness (QED) is 0.886. The van der Waals surface area contributed by atoms with Crippen molar-refractivity contribution in [2.24, 2.45) is 7.05 Å². The van der Waals surface area contributed by atoms with E-state index in [1.807, 2.05) is 33.0 Å². The first-order chi connectivity index (χ1) is 8.87. The predicted molar refractivity (Wildman–Crippen MR) is 77.7 cm³/mol. The molecule has 102 valence electrons. The topological polar surface area (TPSA) is 64.1 Å². The van der Waals surface area contributed by atoms with Crippen LogP contribution in [0.3, 0.4) is 0 Å². The number of rotatable bonds is 4. The number of anilines is 1. The van der Waals surface area contributed by atoms with Gasteiger partial charge in [-0.1, -0.05) is 24.3 Å². The molecule has 4 heteroatoms. The molecule has 0 fully saturated rings. The Kier molecular flexibility index (Phi) is 3.62. The summed E-state index contributed by atoms with van der Waals surface area (Å²) >= 11 is 0. The summed E-state index contributed by atoms with van der Waals surface area (Å²) < 4.78 is 1.66. The summed E-state index contributed by atoms with van der Waals surface area (Å²) in [7, 11) is 1.83. The molecule has 0 bridgehead atoms. The van der Waals surface area contributed by atoms with E-state index in [4.69, 9.17) is 5.73 Å². The lowest BCUT2D eigenvalue weighted by Gasteiger charge is -2.16. The van der Waals surface area contributed by atoms with E-state index in [9.17, 15) is 5.11 Å². The number of nitrogens with two attached hydrogens (primary N) is 1. The van der Waals surface area contributed by atoms with Gasteiger partial charge in [0, 0.05) is 12.6 Å². The molecule has 0 saturated carbocycles. The van der Waals surface area contributed by atoms with E-state index in [0.29, 0.717) is 5.82 Å². The van der Waals surface area contributed by atoms with Gasteiger partial charge in [-0.15, -0.1) is 0 Å². The number of aliphatic hydroxyl groups is 1. The Labute approximate surface area is 113 Å². The summed E-state index contributed by atoms with van der Waals surface area (Å²) in [5, 5.41) is 13.9. The van der Waals surface area contributed by atoms with Gasteiger partial charge in [0.25, 0.3) is 0 Å². The molecule has 0 saturated heterocycles. The van der Waals surface area contributed by atoms with Gasteiger partial charge in [0.05, 0.1) is 11.8 Å². The zero-order valence-corrected chi connectivity index (χ0v) is 11.7. The van der Waals surface area contributed by atoms with Gasteiger partial charge in [0.15, 0.2) is 0 Å². The fourth-order valence-electron chi connectivity index (χ4n) is 1.97. The van der Waals surface area contributed by atoms with Crippen LogP contribution in [0.25, 0.3) is 11.1 Å². The fraction of sp³-hybridized carbons (Fsp3) is 0.400. The molecule has 1 aromatic carbocycles. The summed E-state index contributed by atoms with van der Waals surface area (Å²) in [4.78, 5) is 0. The highest BCUT2D eigenvalue weighted by molar-refractivity contribution is 5.73. The minimum absolute atomic E-state index is 0.619. The molecule has 19 heavy (non-hydrogen) atoms. The van der Waals surface area contributed by atoms with Crippen LogP contribution in [-0.4, -0.2) is 20.5 Å². The van der Waals surface area contributed by atoms with Gasteiger partial charge >= 0.3 is 0 Å². The maximum atomic E-state index is 9.72. The van der Waals surface area contributed by atoms with E-state index >= 15 is 0 Å². The van der Waals surface area contributed by atoms with Crippen LogP contribution in [0.2, 0.25) is 0 Å². The SMILES string of the molecule is Cn1ncc(-c2ccc(CCC(C)(C)O)cc2)c1N. The number of nitrogen functional groups attached to an aromatic ring is 1. The molecule has 2 aromatic rings. The molecule has 0 amide bonds. The molecule has 0 aliphatic carbocycles. The van der Waals surface area contributed by atoms with Gasteiger partial charge in [-0.25, -0.2) is 0 Å². The number of hydrogen-bond donors (Lipinski definition) is 2. The lowest BCUT2D eigenvalue weighted by Crippen LogP contribution is -2.19. The summed E-state index contributed by atoms with van der Waals surface area (Å²) in [5.74, 6) is 0.671. The van der Waals surface area contributed by atoms with E-state index in [2.05, 4.69) is 17.2 Å². The van der Waals surface area contributed by atoms with Crippen molar-refractivity contribution >= 4 is 5.82 Å². The summed E-state index contributed by atoms with van der Waals surface area (Å²) in [5.41, 5.74) is 8.58. The zero-order valence-electron chi connectivity index (χ0n) is 11.7. The molecule has 2 rings (SSSR count). The Balaban J connectivity index is 2.13. The standard InChI is InChI=1S/C15H21N3O/c1-15(2,19)9-8-11-4-6-12(7-5-11)13-10-17-18(3)14(13)16/h4-7,10,19H,8-9,16H2,1-3H3. The van der Waals surface area contributed by atoms with Crippen LogP contribution in [0.4, 0.5) is 5.82 Å². The maximum absolute atomic E-state index is 9.72. The van der Waals surface area contributed by atoms with Crippen LogP contribution in [0.1, 0.15) is 25.8 Å². The first kappa shape index (κ1) is 13.6. The third-order valence-electron chi connectivity index (χ3n) is 3.28. The molecule has 4 nitrogen and oxygen atoms in total. The minimum atomic E-state index is -0.619. The molecule has 3 N–H and O–H groups in total. The van der Waals surface area contributed by atoms with Crippen LogP contribution < -0.4 is 5.73 Å². The van der Waals surface area contributed by atoms with Crippen molar-refractivity contribution in [1.82, 2.24) is 9.78 Å². The van der Waals surface area contributed by atoms with Crippen LogP contribution in [0, 0.1) is 0 Å². The number of aryl methyl sites for hydroxylation is 2. The van der Waals surface area contributed by atoms with E-state index in [0.717, 1.165) is 24.0 Å².